The van der Waals surface area contributed by atoms with Gasteiger partial charge in [-0.3, -0.25) is 20.0 Å². The Hall–Kier alpha value is -11.1. The molecule has 110 heavy (non-hydrogen) atoms. The van der Waals surface area contributed by atoms with E-state index in [2.05, 4.69) is 107 Å². The summed E-state index contributed by atoms with van der Waals surface area (Å²) in [5.41, 5.74) is 20.3. The number of aliphatic imine (C=N–C) groups is 3. The minimum Gasteiger partial charge on any atom is -0.496 e. The molecule has 0 N–H and O–H groups in total. The first-order valence-electron chi connectivity index (χ1n) is 35.9. The van der Waals surface area contributed by atoms with Gasteiger partial charge in [0.05, 0.1) is 74.0 Å². The lowest BCUT2D eigenvalue weighted by molar-refractivity contribution is 0.416. The molecule has 558 valence electrons. The van der Waals surface area contributed by atoms with Crippen molar-refractivity contribution in [3.8, 4) is 80.1 Å². The molecular formula is C87H84F3N12O5P3. The molecule has 0 fully saturated rings. The van der Waals surface area contributed by atoms with Crippen molar-refractivity contribution in [1.82, 2.24) is 28.7 Å². The van der Waals surface area contributed by atoms with E-state index in [9.17, 15) is 42.7 Å². The van der Waals surface area contributed by atoms with Crippen molar-refractivity contribution in [2.24, 2.45) is 15.0 Å². The zero-order valence-electron chi connectivity index (χ0n) is 64.2. The van der Waals surface area contributed by atoms with Gasteiger partial charge in [-0.2, -0.15) is 15.8 Å². The second kappa shape index (κ2) is 29.4. The Balaban J connectivity index is 0.000000145. The Labute approximate surface area is 638 Å². The van der Waals surface area contributed by atoms with E-state index in [-0.39, 0.29) is 30.3 Å². The average Bonchev–Trinajstić information content (AvgIpc) is 1.57. The van der Waals surface area contributed by atoms with Gasteiger partial charge in [-0.15, -0.1) is 0 Å². The number of hydrogen-bond donors (Lipinski definition) is 0. The Bertz CT molecular complexity index is 6130. The van der Waals surface area contributed by atoms with Crippen LogP contribution in [0.4, 0.5) is 13.2 Å². The minimum absolute atomic E-state index is 0.256. The molecule has 6 aromatic heterocycles. The molecule has 0 radical (unpaired) electrons. The molecule has 23 heteroatoms. The van der Waals surface area contributed by atoms with Crippen LogP contribution in [0.25, 0.3) is 83.2 Å². The van der Waals surface area contributed by atoms with Crippen LogP contribution in [0.2, 0.25) is 0 Å². The monoisotopic (exact) mass is 1530 g/mol. The fraction of sp³-hybridized carbons (Fsp3) is 0.276. The van der Waals surface area contributed by atoms with E-state index >= 15 is 0 Å². The second-order valence-corrected chi connectivity index (χ2v) is 40.7. The van der Waals surface area contributed by atoms with E-state index in [1.54, 1.807) is 109 Å². The molecule has 0 aliphatic carbocycles. The summed E-state index contributed by atoms with van der Waals surface area (Å²) in [7, 11) is -4.70. The molecule has 3 aliphatic rings. The summed E-state index contributed by atoms with van der Waals surface area (Å²) in [4.78, 5) is 27.3. The molecule has 9 heterocycles. The molecule has 0 atom stereocenters. The third-order valence-electron chi connectivity index (χ3n) is 20.5. The van der Waals surface area contributed by atoms with E-state index in [1.807, 2.05) is 71.5 Å². The fourth-order valence-electron chi connectivity index (χ4n) is 15.2. The van der Waals surface area contributed by atoms with Crippen LogP contribution >= 0.6 is 21.4 Å². The predicted octanol–water partition coefficient (Wildman–Crippen LogP) is 18.9. The number of nitriles is 3. The van der Waals surface area contributed by atoms with E-state index in [4.69, 9.17) is 14.5 Å². The van der Waals surface area contributed by atoms with Crippen LogP contribution in [0.3, 0.4) is 0 Å². The summed E-state index contributed by atoms with van der Waals surface area (Å²) < 4.78 is 98.0. The van der Waals surface area contributed by atoms with Crippen molar-refractivity contribution in [2.75, 3.05) is 54.2 Å². The average molecular weight is 1530 g/mol. The van der Waals surface area contributed by atoms with Gasteiger partial charge in [0.25, 0.3) is 0 Å². The van der Waals surface area contributed by atoms with Crippen LogP contribution in [-0.4, -0.2) is 102 Å². The minimum atomic E-state index is -2.68. The fourth-order valence-corrected chi connectivity index (χ4v) is 17.8. The van der Waals surface area contributed by atoms with E-state index in [0.717, 1.165) is 139 Å². The van der Waals surface area contributed by atoms with Gasteiger partial charge in [-0.25, -0.2) is 23.1 Å². The zero-order chi connectivity index (χ0) is 78.9. The number of benzene rings is 6. The molecular weight excluding hydrogens is 1440 g/mol. The van der Waals surface area contributed by atoms with Crippen molar-refractivity contribution in [3.63, 3.8) is 0 Å². The van der Waals surface area contributed by atoms with E-state index in [1.165, 1.54) is 36.4 Å². The third kappa shape index (κ3) is 14.5. The van der Waals surface area contributed by atoms with Gasteiger partial charge in [-0.05, 0) is 202 Å². The number of nitrogens with zero attached hydrogens (tertiary/aromatic N) is 12. The number of pyridine rings is 3. The maximum atomic E-state index is 13.9. The molecule has 0 unspecified atom stereocenters. The molecule has 3 aliphatic heterocycles. The summed E-state index contributed by atoms with van der Waals surface area (Å²) in [5, 5.41) is 32.2. The molecule has 0 amide bonds. The van der Waals surface area contributed by atoms with Gasteiger partial charge in [-0.1, -0.05) is 47.6 Å². The Morgan fingerprint density at radius 1 is 0.445 bits per heavy atom. The highest BCUT2D eigenvalue weighted by Gasteiger charge is 2.38. The summed E-state index contributed by atoms with van der Waals surface area (Å²) >= 11 is 0. The summed E-state index contributed by atoms with van der Waals surface area (Å²) in [6, 6.07) is 46.5. The van der Waals surface area contributed by atoms with Crippen molar-refractivity contribution < 1.29 is 36.3 Å². The van der Waals surface area contributed by atoms with Crippen LogP contribution in [0.1, 0.15) is 117 Å². The summed E-state index contributed by atoms with van der Waals surface area (Å²) in [6.45, 7) is 26.1. The molecule has 0 saturated carbocycles. The number of aromatic nitrogens is 6. The van der Waals surface area contributed by atoms with Gasteiger partial charge < -0.3 is 36.9 Å². The van der Waals surface area contributed by atoms with Crippen LogP contribution in [-0.2, 0) is 49.6 Å². The van der Waals surface area contributed by atoms with E-state index in [0.29, 0.717) is 53.9 Å². The van der Waals surface area contributed by atoms with Crippen molar-refractivity contribution in [2.45, 2.75) is 104 Å². The number of aryl methyl sites for hydroxylation is 1. The van der Waals surface area contributed by atoms with Crippen molar-refractivity contribution >= 4 is 89.1 Å². The summed E-state index contributed by atoms with van der Waals surface area (Å²) in [6.07, 6.45) is 9.89. The highest BCUT2D eigenvalue weighted by Crippen LogP contribution is 2.52. The van der Waals surface area contributed by atoms with Crippen LogP contribution in [0.15, 0.2) is 161 Å². The molecule has 15 rings (SSSR count). The number of methoxy groups -OCH3 is 2. The molecule has 12 aromatic rings. The molecule has 0 saturated heterocycles. The van der Waals surface area contributed by atoms with Gasteiger partial charge in [0, 0.05) is 162 Å². The lowest BCUT2D eigenvalue weighted by atomic mass is 9.81. The Morgan fingerprint density at radius 3 is 1.17 bits per heavy atom. The first kappa shape index (κ1) is 77.1. The third-order valence-corrected chi connectivity index (χ3v) is 24.6. The normalized spacial score (nSPS) is 13.2. The van der Waals surface area contributed by atoms with Crippen LogP contribution in [0.5, 0.6) is 11.5 Å². The molecule has 0 bridgehead atoms. The first-order chi connectivity index (χ1) is 52.1. The van der Waals surface area contributed by atoms with Crippen molar-refractivity contribution in [3.05, 3.63) is 219 Å². The number of halogens is 3. The highest BCUT2D eigenvalue weighted by atomic mass is 31.2. The molecule has 17 nitrogen and oxygen atoms in total. The Kier molecular flexibility index (Phi) is 20.6. The maximum absolute atomic E-state index is 13.9. The smallest absolute Gasteiger partial charge is 0.148 e. The van der Waals surface area contributed by atoms with Crippen LogP contribution < -0.4 is 25.8 Å². The quantitative estimate of drug-likeness (QED) is 0.0778. The summed E-state index contributed by atoms with van der Waals surface area (Å²) in [5.74, 6) is 0.0658. The zero-order valence-corrected chi connectivity index (χ0v) is 66.9. The maximum Gasteiger partial charge on any atom is 0.148 e. The lowest BCUT2D eigenvalue weighted by Gasteiger charge is -2.27. The van der Waals surface area contributed by atoms with Crippen LogP contribution in [0, 0.1) is 58.4 Å². The second-order valence-electron chi connectivity index (χ2n) is 31.2. The highest BCUT2D eigenvalue weighted by molar-refractivity contribution is 7.70. The molecule has 6 aromatic carbocycles. The van der Waals surface area contributed by atoms with Crippen molar-refractivity contribution in [1.29, 1.82) is 15.8 Å². The topological polar surface area (TPSA) is 232 Å². The van der Waals surface area contributed by atoms with Gasteiger partial charge in [0.15, 0.2) is 0 Å². The lowest BCUT2D eigenvalue weighted by Crippen LogP contribution is -2.22. The van der Waals surface area contributed by atoms with Gasteiger partial charge in [0.2, 0.25) is 0 Å². The largest absolute Gasteiger partial charge is 0.496 e. The van der Waals surface area contributed by atoms with E-state index < -0.39 is 37.7 Å². The standard InChI is InChI=1S/2C29H28FN4O2P.C29H28FN4OP/c1-29(2,10-11-31)27-26(20-14-25(36-3)28(33-17-20)37(4,5)35)23-12-18-15-32-16-19(18)13-24(23)34(27)22-8-6-21(30)7-9-22;1-29(2,10-11-31)28-27(23-17-33-26(37(4,5)35)14-25(23)36-3)22-12-18-15-32-16-19(18)13-24(22)34(28)21-8-6-20(30)7-9-21;1-18-23(10-11-26(33-18)36(4,5)35)27-24-14-19-16-32-17-20(19)15-25(24)34(22-8-6-21(30)7-9-22)28(27)29(2,3)12-13-31/h2*6-9,12-14,16-17H,10,15H2,1-5H3;6-11,14-15,17H,12,16H2,1-5H3. The number of rotatable bonds is 17. The molecule has 0 spiro atoms. The number of fused-ring (bicyclic) bond motifs is 6. The van der Waals surface area contributed by atoms with Gasteiger partial charge >= 0.3 is 0 Å². The number of hydrogen-bond acceptors (Lipinski definition) is 14. The number of ether oxygens (including phenoxy) is 2. The van der Waals surface area contributed by atoms with Gasteiger partial charge in [0.1, 0.15) is 61.2 Å². The Morgan fingerprint density at radius 2 is 0.818 bits per heavy atom. The first-order valence-corrected chi connectivity index (χ1v) is 43.7. The SMILES string of the molecule is COc1cc(-c2c(C(C)(C)CC#N)n(-c3ccc(F)cc3)c3cc4c(cc23)CN=C4)cnc1P(C)(C)=O.COc1cc(P(C)(C)=O)ncc1-c1c(C(C)(C)CC#N)n(-c2ccc(F)cc2)c2cc3c(cc12)CN=C3.Cc1nc(P(C)(C)=O)ccc1-c1c(C(C)(C)CC#N)n(-c2ccc(F)cc2)c2cc3c(cc12)CN=C3. The predicted molar refractivity (Wildman–Crippen MR) is 438 cm³/mol.